The van der Waals surface area contributed by atoms with Gasteiger partial charge in [0.05, 0.1) is 0 Å². The summed E-state index contributed by atoms with van der Waals surface area (Å²) in [7, 11) is -2.48. The van der Waals surface area contributed by atoms with Gasteiger partial charge >= 0.3 is 21.7 Å². The van der Waals surface area contributed by atoms with Crippen LogP contribution in [0.25, 0.3) is 0 Å². The summed E-state index contributed by atoms with van der Waals surface area (Å²) >= 11 is 0. The molecule has 34 heavy (non-hydrogen) atoms. The summed E-state index contributed by atoms with van der Waals surface area (Å²) < 4.78 is 0. The van der Waals surface area contributed by atoms with Gasteiger partial charge in [-0.15, -0.1) is 5.19 Å². The van der Waals surface area contributed by atoms with Gasteiger partial charge in [0.2, 0.25) is 0 Å². The van der Waals surface area contributed by atoms with Gasteiger partial charge in [0.25, 0.3) is 0 Å². The van der Waals surface area contributed by atoms with E-state index in [1.807, 2.05) is 0 Å². The fourth-order valence-corrected chi connectivity index (χ4v) is 11.0. The van der Waals surface area contributed by atoms with Crippen molar-refractivity contribution >= 4 is 28.8 Å². The minimum Gasteiger partial charge on any atom is -1.00 e. The van der Waals surface area contributed by atoms with E-state index in [0.717, 1.165) is 0 Å². The van der Waals surface area contributed by atoms with Crippen LogP contribution in [-0.4, -0.2) is 8.07 Å². The first-order valence-electron chi connectivity index (χ1n) is 10.8. The molecule has 0 aliphatic rings. The Hall–Kier alpha value is -1.19. The molecule has 0 spiro atoms. The molecule has 0 atom stereocenters. The number of hydrogen-bond donors (Lipinski definition) is 0. The third-order valence-corrected chi connectivity index (χ3v) is 12.3. The number of aryl methyl sites for hydroxylation is 2. The fourth-order valence-electron chi connectivity index (χ4n) is 5.20. The number of rotatable bonds is 4. The maximum absolute atomic E-state index is 2.48. The predicted octanol–water partition coefficient (Wildman–Crippen LogP) is -4.36. The molecule has 0 fully saturated rings. The summed E-state index contributed by atoms with van der Waals surface area (Å²) in [6.07, 6.45) is 0. The van der Waals surface area contributed by atoms with Gasteiger partial charge in [0, 0.05) is 0 Å². The van der Waals surface area contributed by atoms with Crippen molar-refractivity contribution in [1.29, 1.82) is 0 Å². The molecule has 0 aliphatic heterocycles. The molecule has 4 aromatic rings. The zero-order valence-corrected chi connectivity index (χ0v) is 25.5. The number of benzene rings is 3. The van der Waals surface area contributed by atoms with Crippen LogP contribution >= 0.6 is 0 Å². The Kier molecular flexibility index (Phi) is 12.7. The van der Waals surface area contributed by atoms with E-state index in [4.69, 9.17) is 0 Å². The van der Waals surface area contributed by atoms with Gasteiger partial charge in [0.15, 0.2) is 0 Å². The predicted molar refractivity (Wildman–Crippen MR) is 134 cm³/mol. The van der Waals surface area contributed by atoms with Gasteiger partial charge in [-0.2, -0.15) is 22.3 Å². The van der Waals surface area contributed by atoms with E-state index < -0.39 is 8.07 Å². The molecule has 0 heterocycles. The molecule has 5 heteroatoms. The largest absolute Gasteiger partial charge is 4.00 e. The normalized spacial score (nSPS) is 10.3. The summed E-state index contributed by atoms with van der Waals surface area (Å²) in [5, 5.41) is 6.00. The van der Waals surface area contributed by atoms with E-state index in [1.54, 1.807) is 5.19 Å². The molecule has 4 aromatic carbocycles. The minimum atomic E-state index is -2.48. The molecule has 0 aliphatic carbocycles. The van der Waals surface area contributed by atoms with Gasteiger partial charge in [-0.3, -0.25) is 0 Å². The van der Waals surface area contributed by atoms with Gasteiger partial charge in [0.1, 0.15) is 8.07 Å². The quantitative estimate of drug-likeness (QED) is 0.134. The summed E-state index contributed by atoms with van der Waals surface area (Å²) in [6.45, 7) is 13.8. The van der Waals surface area contributed by atoms with Crippen LogP contribution in [0.1, 0.15) is 33.4 Å². The zero-order chi connectivity index (χ0) is 21.5. The second-order valence-electron chi connectivity index (χ2n) is 8.68. The van der Waals surface area contributed by atoms with Crippen LogP contribution < -0.4 is 58.0 Å². The Labute approximate surface area is 240 Å². The van der Waals surface area contributed by atoms with Crippen molar-refractivity contribution in [3.63, 3.8) is 0 Å². The Morgan fingerprint density at radius 1 is 0.559 bits per heavy atom. The zero-order valence-electron chi connectivity index (χ0n) is 20.6. The Morgan fingerprint density at radius 3 is 1.38 bits per heavy atom. The molecule has 0 bridgehead atoms. The topological polar surface area (TPSA) is 0 Å². The first-order chi connectivity index (χ1) is 14.4. The first-order valence-corrected chi connectivity index (χ1v) is 12.8. The number of hydrogen-bond acceptors (Lipinski definition) is 0. The molecule has 0 amide bonds. The van der Waals surface area contributed by atoms with E-state index in [-0.39, 0.29) is 58.9 Å². The van der Waals surface area contributed by atoms with Crippen molar-refractivity contribution in [3.8, 4) is 0 Å². The van der Waals surface area contributed by atoms with Crippen LogP contribution in [-0.2, 0) is 21.7 Å². The summed E-state index contributed by atoms with van der Waals surface area (Å²) in [6, 6.07) is 29.5. The van der Waals surface area contributed by atoms with E-state index in [2.05, 4.69) is 120 Å². The molecule has 0 aromatic heterocycles. The molecule has 0 unspecified atom stereocenters. The van der Waals surface area contributed by atoms with E-state index in [9.17, 15) is 0 Å². The van der Waals surface area contributed by atoms with Gasteiger partial charge in [-0.1, -0.05) is 133 Å². The molecule has 176 valence electrons. The van der Waals surface area contributed by atoms with Crippen molar-refractivity contribution in [3.05, 3.63) is 112 Å². The van der Waals surface area contributed by atoms with E-state index >= 15 is 0 Å². The van der Waals surface area contributed by atoms with E-state index in [0.29, 0.717) is 0 Å². The van der Waals surface area contributed by atoms with Crippen LogP contribution in [0.15, 0.2) is 78.9 Å². The summed E-state index contributed by atoms with van der Waals surface area (Å²) in [5.74, 6) is 0. The van der Waals surface area contributed by atoms with E-state index in [1.165, 1.54) is 48.9 Å². The van der Waals surface area contributed by atoms with Crippen molar-refractivity contribution < 1.29 is 58.9 Å². The van der Waals surface area contributed by atoms with Gasteiger partial charge in [-0.05, 0) is 13.8 Å². The standard InChI is InChI=1S/C29H31Si.3ClH.Ti/c1-20-17-18-21(2)28(19-20)30(26-13-9-7-10-14-26,27-15-11-8-12-16-27)29-24(5)22(3)23(4)25(29)6;;;;/h7-19H,1-6H3;3*1H;/q-1;;;;+4/p-3. The Balaban J connectivity index is 0.00000272. The third-order valence-electron chi connectivity index (χ3n) is 7.02. The van der Waals surface area contributed by atoms with Crippen LogP contribution in [0.5, 0.6) is 0 Å². The van der Waals surface area contributed by atoms with Crippen molar-refractivity contribution in [2.24, 2.45) is 0 Å². The second kappa shape index (κ2) is 13.2. The molecule has 0 nitrogen and oxygen atoms in total. The Morgan fingerprint density at radius 2 is 0.971 bits per heavy atom. The first kappa shape index (κ1) is 32.8. The fraction of sp³-hybridized carbons (Fsp3) is 0.207. The maximum atomic E-state index is 2.46. The van der Waals surface area contributed by atoms with Crippen LogP contribution in [0.2, 0.25) is 0 Å². The molecule has 4 rings (SSSR count). The smallest absolute Gasteiger partial charge is 1.00 e. The summed E-state index contributed by atoms with van der Waals surface area (Å²) in [5.41, 5.74) is 8.52. The van der Waals surface area contributed by atoms with Gasteiger partial charge < -0.3 is 37.2 Å². The monoisotopic (exact) mass is 560 g/mol. The number of halogens is 3. The molecule has 0 saturated heterocycles. The third kappa shape index (κ3) is 5.31. The average Bonchev–Trinajstić information content (AvgIpc) is 2.96. The SMILES string of the molecule is Cc1ccc(C)c([Si](c2ccccc2)(c2ccccc2)[c-]2c(C)c(C)c(C)c2C)c1.[Cl-].[Cl-].[Cl-].[Ti+4]. The molecule has 0 radical (unpaired) electrons. The van der Waals surface area contributed by atoms with Crippen molar-refractivity contribution in [1.82, 2.24) is 0 Å². The van der Waals surface area contributed by atoms with Crippen LogP contribution in [0, 0.1) is 41.5 Å². The second-order valence-corrected chi connectivity index (χ2v) is 12.4. The molecular formula is C29H31Cl3SiTi. The molecular weight excluding hydrogens is 531 g/mol. The minimum absolute atomic E-state index is 0. The van der Waals surface area contributed by atoms with Crippen molar-refractivity contribution in [2.45, 2.75) is 41.5 Å². The summed E-state index contributed by atoms with van der Waals surface area (Å²) in [4.78, 5) is 0. The van der Waals surface area contributed by atoms with Gasteiger partial charge in [-0.25, -0.2) is 0 Å². The van der Waals surface area contributed by atoms with Crippen LogP contribution in [0.3, 0.4) is 0 Å². The average molecular weight is 562 g/mol. The Bertz CT molecular complexity index is 1140. The van der Waals surface area contributed by atoms with Crippen molar-refractivity contribution in [2.75, 3.05) is 0 Å². The van der Waals surface area contributed by atoms with Crippen LogP contribution in [0.4, 0.5) is 0 Å². The molecule has 0 saturated carbocycles. The maximum Gasteiger partial charge on any atom is 4.00 e. The molecule has 0 N–H and O–H groups in total.